The average Bonchev–Trinajstić information content (AvgIpc) is 2.61. The second-order valence-electron chi connectivity index (χ2n) is 4.91. The lowest BCUT2D eigenvalue weighted by Crippen LogP contribution is -2.34. The Morgan fingerprint density at radius 3 is 2.38 bits per heavy atom. The highest BCUT2D eigenvalue weighted by atomic mass is 79.9. The Hall–Kier alpha value is -0.380. The van der Waals surface area contributed by atoms with E-state index in [0.29, 0.717) is 12.0 Å². The molecule has 0 saturated carbocycles. The van der Waals surface area contributed by atoms with Crippen molar-refractivity contribution in [1.82, 2.24) is 9.80 Å². The Labute approximate surface area is 106 Å². The first-order chi connectivity index (χ1) is 7.58. The van der Waals surface area contributed by atoms with Crippen LogP contribution in [0.25, 0.3) is 0 Å². The molecule has 0 spiro atoms. The van der Waals surface area contributed by atoms with E-state index in [9.17, 15) is 0 Å². The van der Waals surface area contributed by atoms with Crippen molar-refractivity contribution in [3.63, 3.8) is 0 Å². The summed E-state index contributed by atoms with van der Waals surface area (Å²) in [4.78, 5) is 4.76. The van der Waals surface area contributed by atoms with E-state index in [1.807, 2.05) is 0 Å². The van der Waals surface area contributed by atoms with Gasteiger partial charge in [-0.15, -0.1) is 0 Å². The first-order valence-electron chi connectivity index (χ1n) is 5.68. The fraction of sp³-hybridized carbons (Fsp3) is 0.538. The predicted octanol–water partition coefficient (Wildman–Crippen LogP) is 2.41. The molecule has 1 saturated heterocycles. The maximum Gasteiger partial charge on any atom is 0.0297 e. The molecule has 0 amide bonds. The third-order valence-electron chi connectivity index (χ3n) is 3.43. The highest BCUT2D eigenvalue weighted by Crippen LogP contribution is 2.29. The Bertz CT molecular complexity index is 347. The van der Waals surface area contributed by atoms with Crippen molar-refractivity contribution in [3.8, 4) is 0 Å². The lowest BCUT2D eigenvalue weighted by molar-refractivity contribution is 0.276. The van der Waals surface area contributed by atoms with Crippen LogP contribution < -0.4 is 0 Å². The van der Waals surface area contributed by atoms with Gasteiger partial charge < -0.3 is 9.80 Å². The molecule has 1 aromatic carbocycles. The van der Waals surface area contributed by atoms with Crippen LogP contribution in [0.4, 0.5) is 0 Å². The molecule has 1 aromatic rings. The van der Waals surface area contributed by atoms with Crippen LogP contribution in [0.15, 0.2) is 28.7 Å². The van der Waals surface area contributed by atoms with E-state index in [1.165, 1.54) is 5.56 Å². The molecule has 3 heteroatoms. The number of rotatable bonds is 2. The maximum atomic E-state index is 3.49. The quantitative estimate of drug-likeness (QED) is 0.822. The fourth-order valence-electron chi connectivity index (χ4n) is 2.54. The average molecular weight is 283 g/mol. The number of likely N-dealkylation sites (N-methyl/N-ethyl adjacent to an activating group) is 2. The highest BCUT2D eigenvalue weighted by Gasteiger charge is 2.33. The SMILES string of the molecule is CN1C[C@H](c2ccc(Br)cc2)[C@@H](N(C)C)C1. The van der Waals surface area contributed by atoms with Crippen LogP contribution in [0.2, 0.25) is 0 Å². The van der Waals surface area contributed by atoms with E-state index >= 15 is 0 Å². The molecule has 16 heavy (non-hydrogen) atoms. The monoisotopic (exact) mass is 282 g/mol. The van der Waals surface area contributed by atoms with Gasteiger partial charge in [0.05, 0.1) is 0 Å². The van der Waals surface area contributed by atoms with Gasteiger partial charge in [-0.25, -0.2) is 0 Å². The Morgan fingerprint density at radius 2 is 1.81 bits per heavy atom. The lowest BCUT2D eigenvalue weighted by atomic mass is 9.94. The largest absolute Gasteiger partial charge is 0.305 e. The normalized spacial score (nSPS) is 26.6. The Balaban J connectivity index is 2.22. The fourth-order valence-corrected chi connectivity index (χ4v) is 2.80. The highest BCUT2D eigenvalue weighted by molar-refractivity contribution is 9.10. The minimum absolute atomic E-state index is 0.631. The summed E-state index contributed by atoms with van der Waals surface area (Å²) < 4.78 is 1.16. The standard InChI is InChI=1S/C13H19BrN2/c1-15(2)13-9-16(3)8-12(13)10-4-6-11(14)7-5-10/h4-7,12-13H,8-9H2,1-3H3/t12-,13+/m1/s1. The number of likely N-dealkylation sites (tertiary alicyclic amines) is 1. The van der Waals surface area contributed by atoms with Gasteiger partial charge in [-0.2, -0.15) is 0 Å². The second-order valence-corrected chi connectivity index (χ2v) is 5.83. The molecule has 1 heterocycles. The summed E-state index contributed by atoms with van der Waals surface area (Å²) in [7, 11) is 6.56. The summed E-state index contributed by atoms with van der Waals surface area (Å²) in [6.45, 7) is 2.32. The number of halogens is 1. The second kappa shape index (κ2) is 4.86. The van der Waals surface area contributed by atoms with Crippen molar-refractivity contribution in [3.05, 3.63) is 34.3 Å². The first kappa shape index (κ1) is 12.1. The van der Waals surface area contributed by atoms with Crippen molar-refractivity contribution in [2.75, 3.05) is 34.2 Å². The van der Waals surface area contributed by atoms with Crippen LogP contribution in [0.1, 0.15) is 11.5 Å². The van der Waals surface area contributed by atoms with Gasteiger partial charge in [0.1, 0.15) is 0 Å². The Kier molecular flexibility index (Phi) is 3.67. The van der Waals surface area contributed by atoms with Gasteiger partial charge in [-0.3, -0.25) is 0 Å². The molecular formula is C13H19BrN2. The molecule has 2 rings (SSSR count). The van der Waals surface area contributed by atoms with Crippen molar-refractivity contribution < 1.29 is 0 Å². The first-order valence-corrected chi connectivity index (χ1v) is 6.47. The van der Waals surface area contributed by atoms with Gasteiger partial charge in [0, 0.05) is 29.5 Å². The summed E-state index contributed by atoms with van der Waals surface area (Å²) >= 11 is 3.49. The molecule has 0 N–H and O–H groups in total. The molecule has 0 aromatic heterocycles. The van der Waals surface area contributed by atoms with Crippen molar-refractivity contribution in [2.45, 2.75) is 12.0 Å². The van der Waals surface area contributed by atoms with Crippen LogP contribution in [0.3, 0.4) is 0 Å². The van der Waals surface area contributed by atoms with E-state index < -0.39 is 0 Å². The van der Waals surface area contributed by atoms with Crippen LogP contribution in [0, 0.1) is 0 Å². The van der Waals surface area contributed by atoms with Crippen molar-refractivity contribution in [2.24, 2.45) is 0 Å². The van der Waals surface area contributed by atoms with Gasteiger partial charge in [-0.1, -0.05) is 28.1 Å². The molecule has 0 radical (unpaired) electrons. The van der Waals surface area contributed by atoms with Gasteiger partial charge in [0.15, 0.2) is 0 Å². The van der Waals surface area contributed by atoms with Crippen LogP contribution in [0.5, 0.6) is 0 Å². The zero-order valence-corrected chi connectivity index (χ0v) is 11.7. The van der Waals surface area contributed by atoms with E-state index in [1.54, 1.807) is 0 Å². The van der Waals surface area contributed by atoms with Gasteiger partial charge in [-0.05, 0) is 38.8 Å². The zero-order valence-electron chi connectivity index (χ0n) is 10.2. The van der Waals surface area contributed by atoms with Crippen molar-refractivity contribution >= 4 is 15.9 Å². The molecule has 0 bridgehead atoms. The van der Waals surface area contributed by atoms with Crippen molar-refractivity contribution in [1.29, 1.82) is 0 Å². The minimum Gasteiger partial charge on any atom is -0.305 e. The minimum atomic E-state index is 0.631. The van der Waals surface area contributed by atoms with E-state index in [0.717, 1.165) is 17.6 Å². The molecule has 0 aliphatic carbocycles. The molecule has 2 atom stereocenters. The topological polar surface area (TPSA) is 6.48 Å². The van der Waals surface area contributed by atoms with Gasteiger partial charge in [0.25, 0.3) is 0 Å². The smallest absolute Gasteiger partial charge is 0.0297 e. The Morgan fingerprint density at radius 1 is 1.19 bits per heavy atom. The van der Waals surface area contributed by atoms with E-state index in [-0.39, 0.29) is 0 Å². The third-order valence-corrected chi connectivity index (χ3v) is 3.96. The summed E-state index contributed by atoms with van der Waals surface area (Å²) in [5.74, 6) is 0.632. The van der Waals surface area contributed by atoms with Gasteiger partial charge in [0.2, 0.25) is 0 Å². The van der Waals surface area contributed by atoms with Crippen LogP contribution in [-0.2, 0) is 0 Å². The van der Waals surface area contributed by atoms with Crippen LogP contribution >= 0.6 is 15.9 Å². The summed E-state index contributed by atoms with van der Waals surface area (Å²) in [6, 6.07) is 9.39. The lowest BCUT2D eigenvalue weighted by Gasteiger charge is -2.25. The third kappa shape index (κ3) is 2.47. The summed E-state index contributed by atoms with van der Waals surface area (Å²) in [5, 5.41) is 0. The number of hydrogen-bond acceptors (Lipinski definition) is 2. The molecule has 2 nitrogen and oxygen atoms in total. The molecule has 88 valence electrons. The molecule has 1 aliphatic heterocycles. The van der Waals surface area contributed by atoms with Crippen LogP contribution in [-0.4, -0.2) is 50.1 Å². The molecular weight excluding hydrogens is 264 g/mol. The number of nitrogens with zero attached hydrogens (tertiary/aromatic N) is 2. The zero-order chi connectivity index (χ0) is 11.7. The predicted molar refractivity (Wildman–Crippen MR) is 71.9 cm³/mol. The van der Waals surface area contributed by atoms with E-state index in [4.69, 9.17) is 0 Å². The molecule has 0 unspecified atom stereocenters. The van der Waals surface area contributed by atoms with Gasteiger partial charge >= 0.3 is 0 Å². The number of hydrogen-bond donors (Lipinski definition) is 0. The molecule has 1 fully saturated rings. The summed E-state index contributed by atoms with van der Waals surface area (Å²) in [6.07, 6.45) is 0. The molecule has 1 aliphatic rings. The summed E-state index contributed by atoms with van der Waals surface area (Å²) in [5.41, 5.74) is 1.45. The number of benzene rings is 1. The van der Waals surface area contributed by atoms with E-state index in [2.05, 4.69) is 71.1 Å². The maximum absolute atomic E-state index is 3.49.